The Balaban J connectivity index is 2.50. The van der Waals surface area contributed by atoms with Crippen molar-refractivity contribution in [1.82, 2.24) is 4.90 Å². The summed E-state index contributed by atoms with van der Waals surface area (Å²) in [6, 6.07) is 0. The number of aliphatic hydroxyl groups is 1. The van der Waals surface area contributed by atoms with Gasteiger partial charge in [0.05, 0.1) is 6.10 Å². The zero-order valence-electron chi connectivity index (χ0n) is 8.74. The summed E-state index contributed by atoms with van der Waals surface area (Å²) in [6.45, 7) is 5.12. The van der Waals surface area contributed by atoms with Crippen molar-refractivity contribution in [3.63, 3.8) is 0 Å². The Morgan fingerprint density at radius 1 is 1.71 bits per heavy atom. The molecule has 3 nitrogen and oxygen atoms in total. The Labute approximate surface area is 90.0 Å². The van der Waals surface area contributed by atoms with Crippen LogP contribution in [0.15, 0.2) is 0 Å². The molecular weight excluding hydrogens is 202 g/mol. The van der Waals surface area contributed by atoms with E-state index in [1.807, 2.05) is 13.8 Å². The molecule has 0 bridgehead atoms. The van der Waals surface area contributed by atoms with Crippen LogP contribution in [0.5, 0.6) is 0 Å². The fourth-order valence-electron chi connectivity index (χ4n) is 1.71. The first-order valence-corrected chi connectivity index (χ1v) is 5.60. The number of aliphatic hydroxyl groups excluding tert-OH is 1. The molecular formula is C10H18ClNO2. The Kier molecular flexibility index (Phi) is 4.20. The van der Waals surface area contributed by atoms with Crippen molar-refractivity contribution in [3.05, 3.63) is 0 Å². The number of piperidine rings is 1. The van der Waals surface area contributed by atoms with Crippen LogP contribution in [0, 0.1) is 5.92 Å². The molecule has 1 rings (SSSR count). The van der Waals surface area contributed by atoms with Crippen LogP contribution >= 0.6 is 11.6 Å². The Morgan fingerprint density at radius 2 is 2.36 bits per heavy atom. The van der Waals surface area contributed by atoms with Crippen molar-refractivity contribution in [2.24, 2.45) is 5.92 Å². The van der Waals surface area contributed by atoms with Gasteiger partial charge in [-0.05, 0) is 18.8 Å². The maximum Gasteiger partial charge on any atom is 0.240 e. The number of alkyl halides is 1. The lowest BCUT2D eigenvalue weighted by Gasteiger charge is -2.35. The van der Waals surface area contributed by atoms with Gasteiger partial charge in [-0.1, -0.05) is 13.8 Å². The first kappa shape index (κ1) is 11.8. The van der Waals surface area contributed by atoms with Gasteiger partial charge < -0.3 is 10.0 Å². The van der Waals surface area contributed by atoms with Crippen LogP contribution in [0.1, 0.15) is 26.7 Å². The zero-order chi connectivity index (χ0) is 10.7. The molecule has 0 aromatic heterocycles. The molecule has 1 amide bonds. The lowest BCUT2D eigenvalue weighted by molar-refractivity contribution is -0.134. The second-order valence-electron chi connectivity index (χ2n) is 3.99. The van der Waals surface area contributed by atoms with E-state index < -0.39 is 5.38 Å². The predicted molar refractivity (Wildman–Crippen MR) is 56.3 cm³/mol. The maximum absolute atomic E-state index is 11.7. The number of hydrogen-bond donors (Lipinski definition) is 1. The van der Waals surface area contributed by atoms with Gasteiger partial charge in [-0.15, -0.1) is 11.6 Å². The molecule has 1 N–H and O–H groups in total. The van der Waals surface area contributed by atoms with E-state index in [0.29, 0.717) is 25.9 Å². The van der Waals surface area contributed by atoms with Crippen molar-refractivity contribution in [2.45, 2.75) is 38.2 Å². The second-order valence-corrected chi connectivity index (χ2v) is 4.52. The van der Waals surface area contributed by atoms with E-state index in [1.54, 1.807) is 4.90 Å². The number of carbonyl (C=O) groups is 1. The predicted octanol–water partition coefficient (Wildman–Crippen LogP) is 1.23. The van der Waals surface area contributed by atoms with Gasteiger partial charge >= 0.3 is 0 Å². The number of halogens is 1. The summed E-state index contributed by atoms with van der Waals surface area (Å²) in [5.41, 5.74) is 0. The monoisotopic (exact) mass is 219 g/mol. The van der Waals surface area contributed by atoms with Gasteiger partial charge in [0.2, 0.25) is 5.91 Å². The quantitative estimate of drug-likeness (QED) is 0.710. The molecule has 14 heavy (non-hydrogen) atoms. The number of likely N-dealkylation sites (tertiary alicyclic amines) is 1. The highest BCUT2D eigenvalue weighted by Gasteiger charge is 2.29. The van der Waals surface area contributed by atoms with Crippen LogP contribution in [0.2, 0.25) is 0 Å². The van der Waals surface area contributed by atoms with Crippen LogP contribution < -0.4 is 0 Å². The van der Waals surface area contributed by atoms with Gasteiger partial charge in [0.15, 0.2) is 0 Å². The summed E-state index contributed by atoms with van der Waals surface area (Å²) in [5.74, 6) is 0.168. The molecule has 0 aliphatic carbocycles. The van der Waals surface area contributed by atoms with Crippen LogP contribution in [0.4, 0.5) is 0 Å². The fourth-order valence-corrected chi connectivity index (χ4v) is 1.84. The summed E-state index contributed by atoms with van der Waals surface area (Å²) in [5, 5.41) is 9.10. The normalized spacial score (nSPS) is 30.1. The largest absolute Gasteiger partial charge is 0.393 e. The van der Waals surface area contributed by atoms with Gasteiger partial charge in [-0.3, -0.25) is 4.79 Å². The lowest BCUT2D eigenvalue weighted by atomic mass is 9.96. The molecule has 1 aliphatic rings. The van der Waals surface area contributed by atoms with Crippen LogP contribution in [-0.4, -0.2) is 40.5 Å². The molecule has 3 atom stereocenters. The third-order valence-electron chi connectivity index (χ3n) is 2.80. The van der Waals surface area contributed by atoms with Crippen molar-refractivity contribution >= 4 is 17.5 Å². The first-order valence-electron chi connectivity index (χ1n) is 5.17. The average molecular weight is 220 g/mol. The van der Waals surface area contributed by atoms with Gasteiger partial charge in [0, 0.05) is 13.1 Å². The molecule has 0 spiro atoms. The van der Waals surface area contributed by atoms with E-state index in [2.05, 4.69) is 0 Å². The summed E-state index contributed by atoms with van der Waals surface area (Å²) >= 11 is 5.88. The Bertz CT molecular complexity index is 210. The summed E-state index contributed by atoms with van der Waals surface area (Å²) < 4.78 is 0. The SMILES string of the molecule is CC[C@H](Cl)C(=O)N1CC[C@H](O)[C@H](C)C1. The number of hydrogen-bond acceptors (Lipinski definition) is 2. The van der Waals surface area contributed by atoms with Crippen molar-refractivity contribution in [2.75, 3.05) is 13.1 Å². The summed E-state index contributed by atoms with van der Waals surface area (Å²) in [4.78, 5) is 13.5. The van der Waals surface area contributed by atoms with Gasteiger partial charge in [0.1, 0.15) is 5.38 Å². The molecule has 4 heteroatoms. The van der Waals surface area contributed by atoms with E-state index >= 15 is 0 Å². The lowest BCUT2D eigenvalue weighted by Crippen LogP contribution is -2.47. The van der Waals surface area contributed by atoms with E-state index in [0.717, 1.165) is 0 Å². The standard InChI is InChI=1S/C10H18ClNO2/c1-3-8(11)10(14)12-5-4-9(13)7(2)6-12/h7-9,13H,3-6H2,1-2H3/t7-,8+,9+/m1/s1. The highest BCUT2D eigenvalue weighted by Crippen LogP contribution is 2.18. The van der Waals surface area contributed by atoms with Gasteiger partial charge in [-0.2, -0.15) is 0 Å². The number of amides is 1. The Morgan fingerprint density at radius 3 is 2.86 bits per heavy atom. The molecule has 0 radical (unpaired) electrons. The summed E-state index contributed by atoms with van der Waals surface area (Å²) in [7, 11) is 0. The molecule has 0 aromatic rings. The molecule has 1 fully saturated rings. The van der Waals surface area contributed by atoms with Crippen molar-refractivity contribution in [3.8, 4) is 0 Å². The van der Waals surface area contributed by atoms with Crippen LogP contribution in [0.3, 0.4) is 0 Å². The third kappa shape index (κ3) is 2.61. The minimum atomic E-state index is -0.405. The third-order valence-corrected chi connectivity index (χ3v) is 3.29. The van der Waals surface area contributed by atoms with Crippen LogP contribution in [-0.2, 0) is 4.79 Å². The zero-order valence-corrected chi connectivity index (χ0v) is 9.50. The molecule has 0 saturated carbocycles. The molecule has 82 valence electrons. The summed E-state index contributed by atoms with van der Waals surface area (Å²) in [6.07, 6.45) is 1.06. The smallest absolute Gasteiger partial charge is 0.240 e. The topological polar surface area (TPSA) is 40.5 Å². The van der Waals surface area contributed by atoms with Crippen molar-refractivity contribution in [1.29, 1.82) is 0 Å². The Hall–Kier alpha value is -0.280. The maximum atomic E-state index is 11.7. The average Bonchev–Trinajstić information content (AvgIpc) is 2.20. The molecule has 1 saturated heterocycles. The van der Waals surface area contributed by atoms with Crippen LogP contribution in [0.25, 0.3) is 0 Å². The van der Waals surface area contributed by atoms with E-state index in [4.69, 9.17) is 11.6 Å². The van der Waals surface area contributed by atoms with Gasteiger partial charge in [0.25, 0.3) is 0 Å². The molecule has 0 aromatic carbocycles. The highest BCUT2D eigenvalue weighted by atomic mass is 35.5. The first-order chi connectivity index (χ1) is 6.56. The number of nitrogens with zero attached hydrogens (tertiary/aromatic N) is 1. The van der Waals surface area contributed by atoms with Crippen molar-refractivity contribution < 1.29 is 9.90 Å². The molecule has 1 aliphatic heterocycles. The van der Waals surface area contributed by atoms with E-state index in [1.165, 1.54) is 0 Å². The molecule has 0 unspecified atom stereocenters. The minimum absolute atomic E-state index is 0.00733. The van der Waals surface area contributed by atoms with E-state index in [-0.39, 0.29) is 17.9 Å². The highest BCUT2D eigenvalue weighted by molar-refractivity contribution is 6.30. The molecule has 1 heterocycles. The number of carbonyl (C=O) groups excluding carboxylic acids is 1. The van der Waals surface area contributed by atoms with E-state index in [9.17, 15) is 9.90 Å². The fraction of sp³-hybridized carbons (Fsp3) is 0.900. The minimum Gasteiger partial charge on any atom is -0.393 e. The number of rotatable bonds is 2. The second kappa shape index (κ2) is 4.99. The van der Waals surface area contributed by atoms with Gasteiger partial charge in [-0.25, -0.2) is 0 Å².